The molecule has 1 spiro atoms. The second-order valence-corrected chi connectivity index (χ2v) is 15.0. The average Bonchev–Trinajstić information content (AvgIpc) is 2.99. The number of hydrogen-bond acceptors (Lipinski definition) is 4. The van der Waals surface area contributed by atoms with E-state index < -0.39 is 5.60 Å². The number of allylic oxidation sites excluding steroid dienone is 1. The Morgan fingerprint density at radius 1 is 0.971 bits per heavy atom. The molecule has 2 bridgehead atoms. The van der Waals surface area contributed by atoms with Crippen LogP contribution in [0.25, 0.3) is 0 Å². The van der Waals surface area contributed by atoms with Crippen LogP contribution in [0.1, 0.15) is 99.8 Å². The lowest BCUT2D eigenvalue weighted by Gasteiger charge is -2.72. The van der Waals surface area contributed by atoms with E-state index in [1.165, 1.54) is 0 Å². The van der Waals surface area contributed by atoms with E-state index in [4.69, 9.17) is 9.47 Å². The first kappa shape index (κ1) is 24.0. The Kier molecular flexibility index (Phi) is 4.78. The molecule has 0 unspecified atom stereocenters. The van der Waals surface area contributed by atoms with Gasteiger partial charge in [-0.15, -0.1) is 0 Å². The fourth-order valence-electron chi connectivity index (χ4n) is 11.7. The lowest BCUT2D eigenvalue weighted by Crippen LogP contribution is -2.71. The predicted molar refractivity (Wildman–Crippen MR) is 135 cm³/mol. The number of esters is 1. The van der Waals surface area contributed by atoms with E-state index in [-0.39, 0.29) is 45.1 Å². The van der Waals surface area contributed by atoms with Gasteiger partial charge in [0.2, 0.25) is 0 Å². The first-order valence-electron chi connectivity index (χ1n) is 14.4. The zero-order valence-electron chi connectivity index (χ0n) is 23.0. The number of carbonyl (C=O) groups excluding carboxylic acids is 2. The first-order chi connectivity index (χ1) is 16.3. The maximum absolute atomic E-state index is 13.7. The minimum atomic E-state index is -0.474. The van der Waals surface area contributed by atoms with Crippen molar-refractivity contribution < 1.29 is 19.1 Å². The van der Waals surface area contributed by atoms with Crippen LogP contribution in [-0.2, 0) is 19.1 Å². The Balaban J connectivity index is 1.48. The lowest BCUT2D eigenvalue weighted by atomic mass is 9.32. The number of hydrogen-bond donors (Lipinski definition) is 0. The quantitative estimate of drug-likeness (QED) is 0.249. The summed E-state index contributed by atoms with van der Waals surface area (Å²) in [5.41, 5.74) is -0.653. The molecule has 4 nitrogen and oxygen atoms in total. The summed E-state index contributed by atoms with van der Waals surface area (Å²) < 4.78 is 12.4. The Morgan fingerprint density at radius 3 is 2.43 bits per heavy atom. The maximum Gasteiger partial charge on any atom is 0.313 e. The molecule has 0 aromatic rings. The minimum Gasteiger partial charge on any atom is -0.464 e. The zero-order valence-corrected chi connectivity index (χ0v) is 23.0. The highest BCUT2D eigenvalue weighted by molar-refractivity contribution is 5.82. The predicted octanol–water partition coefficient (Wildman–Crippen LogP) is 6.72. The lowest BCUT2D eigenvalue weighted by molar-refractivity contribution is -0.246. The molecule has 6 aliphatic rings. The van der Waals surface area contributed by atoms with Crippen molar-refractivity contribution in [2.45, 2.75) is 112 Å². The molecule has 0 aromatic heterocycles. The van der Waals surface area contributed by atoms with E-state index in [0.29, 0.717) is 30.1 Å². The molecule has 0 radical (unpaired) electrons. The van der Waals surface area contributed by atoms with E-state index in [9.17, 15) is 9.59 Å². The first-order valence-corrected chi connectivity index (χ1v) is 14.4. The zero-order chi connectivity index (χ0) is 25.2. The third kappa shape index (κ3) is 2.47. The monoisotopic (exact) mass is 482 g/mol. The molecule has 0 amide bonds. The average molecular weight is 483 g/mol. The molecule has 35 heavy (non-hydrogen) atoms. The van der Waals surface area contributed by atoms with Gasteiger partial charge in [-0.3, -0.25) is 9.59 Å². The normalized spacial score (nSPS) is 57.7. The number of rotatable bonds is 2. The summed E-state index contributed by atoms with van der Waals surface area (Å²) in [5, 5.41) is 0. The molecule has 1 aliphatic heterocycles. The van der Waals surface area contributed by atoms with Crippen molar-refractivity contribution in [2.75, 3.05) is 0 Å². The van der Waals surface area contributed by atoms with Crippen molar-refractivity contribution in [3.05, 3.63) is 12.2 Å². The summed E-state index contributed by atoms with van der Waals surface area (Å²) in [5.74, 6) is 2.44. The Bertz CT molecular complexity index is 984. The van der Waals surface area contributed by atoms with Crippen LogP contribution in [0.15, 0.2) is 12.2 Å². The molecule has 5 aliphatic carbocycles. The molecular weight excluding hydrogens is 436 g/mol. The Morgan fingerprint density at radius 2 is 1.71 bits per heavy atom. The van der Waals surface area contributed by atoms with Crippen LogP contribution in [0.5, 0.6) is 0 Å². The third-order valence-corrected chi connectivity index (χ3v) is 14.0. The molecule has 4 heteroatoms. The van der Waals surface area contributed by atoms with Crippen molar-refractivity contribution >= 4 is 12.4 Å². The molecule has 1 heterocycles. The summed E-state index contributed by atoms with van der Waals surface area (Å²) in [6, 6.07) is 0. The van der Waals surface area contributed by atoms with Gasteiger partial charge in [0.25, 0.3) is 6.47 Å². The van der Waals surface area contributed by atoms with Crippen molar-refractivity contribution in [1.29, 1.82) is 0 Å². The second-order valence-electron chi connectivity index (χ2n) is 15.0. The van der Waals surface area contributed by atoms with Crippen LogP contribution in [0, 0.1) is 56.7 Å². The maximum atomic E-state index is 13.7. The molecular formula is C31H46O4. The van der Waals surface area contributed by atoms with Gasteiger partial charge in [-0.05, 0) is 91.9 Å². The van der Waals surface area contributed by atoms with Gasteiger partial charge in [-0.2, -0.15) is 0 Å². The molecule has 5 fully saturated rings. The van der Waals surface area contributed by atoms with Crippen molar-refractivity contribution in [1.82, 2.24) is 0 Å². The largest absolute Gasteiger partial charge is 0.464 e. The van der Waals surface area contributed by atoms with Gasteiger partial charge >= 0.3 is 5.97 Å². The molecule has 11 atom stereocenters. The van der Waals surface area contributed by atoms with Crippen LogP contribution in [0.3, 0.4) is 0 Å². The third-order valence-electron chi connectivity index (χ3n) is 14.0. The van der Waals surface area contributed by atoms with Crippen LogP contribution in [0.4, 0.5) is 0 Å². The van der Waals surface area contributed by atoms with Crippen LogP contribution < -0.4 is 0 Å². The Hall–Kier alpha value is -1.32. The Labute approximate surface area is 212 Å². The SMILES string of the molecule is C[C@H]1[C@H](C)CC[C@@]23CC[C@]4(C)[C@@](C=C[C@@H]5[C@@]6(C)CC[C@H](OC=O)C(C)(C)[C@@H]6CC[C@]54C)(OC2=O)[C@H]13. The van der Waals surface area contributed by atoms with Gasteiger partial charge < -0.3 is 9.47 Å². The molecule has 0 N–H and O–H groups in total. The van der Waals surface area contributed by atoms with Gasteiger partial charge in [-0.25, -0.2) is 0 Å². The van der Waals surface area contributed by atoms with E-state index in [2.05, 4.69) is 60.6 Å². The van der Waals surface area contributed by atoms with Crippen LogP contribution in [0.2, 0.25) is 0 Å². The number of fused-ring (bicyclic) bond motifs is 4. The van der Waals surface area contributed by atoms with Crippen molar-refractivity contribution in [2.24, 2.45) is 56.7 Å². The summed E-state index contributed by atoms with van der Waals surface area (Å²) in [4.78, 5) is 25.0. The molecule has 6 rings (SSSR count). The van der Waals surface area contributed by atoms with Crippen molar-refractivity contribution in [3.8, 4) is 0 Å². The van der Waals surface area contributed by atoms with Gasteiger partial charge in [0.1, 0.15) is 11.7 Å². The smallest absolute Gasteiger partial charge is 0.313 e. The van der Waals surface area contributed by atoms with E-state index >= 15 is 0 Å². The highest BCUT2D eigenvalue weighted by atomic mass is 16.6. The van der Waals surface area contributed by atoms with Gasteiger partial charge in [0.15, 0.2) is 0 Å². The van der Waals surface area contributed by atoms with Gasteiger partial charge in [0.05, 0.1) is 5.41 Å². The van der Waals surface area contributed by atoms with Crippen LogP contribution >= 0.6 is 0 Å². The molecule has 1 saturated heterocycles. The fraction of sp³-hybridized carbons (Fsp3) is 0.871. The van der Waals surface area contributed by atoms with E-state index in [1.54, 1.807) is 0 Å². The second kappa shape index (κ2) is 6.95. The van der Waals surface area contributed by atoms with Crippen molar-refractivity contribution in [3.63, 3.8) is 0 Å². The molecule has 194 valence electrons. The highest BCUT2D eigenvalue weighted by Gasteiger charge is 2.80. The molecule has 4 saturated carbocycles. The topological polar surface area (TPSA) is 52.6 Å². The molecule has 0 aromatic carbocycles. The summed E-state index contributed by atoms with van der Waals surface area (Å²) in [6.45, 7) is 17.6. The minimum absolute atomic E-state index is 0.00686. The van der Waals surface area contributed by atoms with E-state index in [1.807, 2.05) is 0 Å². The van der Waals surface area contributed by atoms with Gasteiger partial charge in [0, 0.05) is 16.7 Å². The fourth-order valence-corrected chi connectivity index (χ4v) is 11.7. The van der Waals surface area contributed by atoms with Crippen LogP contribution in [-0.4, -0.2) is 24.1 Å². The number of carbonyl (C=O) groups is 2. The number of ether oxygens (including phenoxy) is 2. The highest BCUT2D eigenvalue weighted by Crippen LogP contribution is 2.79. The summed E-state index contributed by atoms with van der Waals surface area (Å²) >= 11 is 0. The summed E-state index contributed by atoms with van der Waals surface area (Å²) in [6.07, 6.45) is 13.4. The standard InChI is InChI=1S/C31H46O4/c1-19-8-14-30-17-16-29(7)28(6)13-9-21-26(3,4)23(34-18-32)11-12-27(21,5)22(28)10-15-31(29,35-25(30)33)24(30)20(19)2/h10,15,18-24H,8-9,11-14,16-17H2,1-7H3/t19-,20+,21+,22-,23+,24-,27+,28-,29+,30+,31+/m1/s1. The summed E-state index contributed by atoms with van der Waals surface area (Å²) in [7, 11) is 0. The van der Waals surface area contributed by atoms with Gasteiger partial charge in [-0.1, -0.05) is 54.5 Å². The van der Waals surface area contributed by atoms with E-state index in [0.717, 1.165) is 51.4 Å².